The molecular formula is C21H22ClFN4O2S. The normalized spacial score (nSPS) is 10.9. The SMILES string of the molecule is CSNc1cnc(Nc2ccc(OC(C)C)c(F)c2)n(Cc2ccc(Cl)cc2)c1=O. The standard InChI is InChI=1S/C21H22ClFN4O2S/c1-13(2)29-19-9-8-16(10-17(19)23)25-21-24-11-18(26-30-3)20(28)27(21)12-14-4-6-15(22)7-5-14/h4-11,13,26H,12H2,1-3H3,(H,24,25). The lowest BCUT2D eigenvalue weighted by atomic mass is 10.2. The zero-order chi connectivity index (χ0) is 21.7. The van der Waals surface area contributed by atoms with Crippen molar-refractivity contribution in [2.45, 2.75) is 26.5 Å². The fourth-order valence-corrected chi connectivity index (χ4v) is 3.23. The molecule has 0 aliphatic rings. The van der Waals surface area contributed by atoms with Gasteiger partial charge in [0, 0.05) is 23.0 Å². The van der Waals surface area contributed by atoms with Crippen molar-refractivity contribution in [3.8, 4) is 5.75 Å². The highest BCUT2D eigenvalue weighted by atomic mass is 35.5. The van der Waals surface area contributed by atoms with Crippen molar-refractivity contribution >= 4 is 40.9 Å². The Morgan fingerprint density at radius 2 is 1.97 bits per heavy atom. The second-order valence-electron chi connectivity index (χ2n) is 6.76. The maximum absolute atomic E-state index is 14.4. The largest absolute Gasteiger partial charge is 0.488 e. The summed E-state index contributed by atoms with van der Waals surface area (Å²) in [5.41, 5.74) is 1.43. The first-order chi connectivity index (χ1) is 14.4. The highest BCUT2D eigenvalue weighted by molar-refractivity contribution is 7.99. The summed E-state index contributed by atoms with van der Waals surface area (Å²) in [5, 5.41) is 3.64. The Morgan fingerprint density at radius 1 is 1.23 bits per heavy atom. The Bertz CT molecular complexity index is 1070. The van der Waals surface area contributed by atoms with Crippen LogP contribution in [0.4, 0.5) is 21.7 Å². The number of aromatic nitrogens is 2. The molecule has 0 aliphatic heterocycles. The Morgan fingerprint density at radius 3 is 2.60 bits per heavy atom. The number of nitrogens with one attached hydrogen (secondary N) is 2. The van der Waals surface area contributed by atoms with Crippen molar-refractivity contribution in [1.29, 1.82) is 0 Å². The monoisotopic (exact) mass is 448 g/mol. The average molecular weight is 449 g/mol. The summed E-state index contributed by atoms with van der Waals surface area (Å²) in [6, 6.07) is 11.7. The molecule has 9 heteroatoms. The van der Waals surface area contributed by atoms with Crippen LogP contribution in [0.3, 0.4) is 0 Å². The van der Waals surface area contributed by atoms with E-state index in [1.54, 1.807) is 24.3 Å². The van der Waals surface area contributed by atoms with E-state index in [1.165, 1.54) is 28.8 Å². The van der Waals surface area contributed by atoms with Crippen molar-refractivity contribution in [2.24, 2.45) is 0 Å². The van der Waals surface area contributed by atoms with Crippen LogP contribution in [0.2, 0.25) is 5.02 Å². The zero-order valence-corrected chi connectivity index (χ0v) is 18.4. The van der Waals surface area contributed by atoms with Crippen LogP contribution in [0.15, 0.2) is 53.5 Å². The molecule has 1 aromatic heterocycles. The van der Waals surface area contributed by atoms with Gasteiger partial charge < -0.3 is 14.8 Å². The van der Waals surface area contributed by atoms with Gasteiger partial charge in [0.25, 0.3) is 5.56 Å². The number of rotatable bonds is 8. The van der Waals surface area contributed by atoms with E-state index in [0.717, 1.165) is 5.56 Å². The fourth-order valence-electron chi connectivity index (χ4n) is 2.75. The first-order valence-corrected chi connectivity index (χ1v) is 10.8. The molecule has 0 radical (unpaired) electrons. The minimum atomic E-state index is -0.499. The van der Waals surface area contributed by atoms with Crippen molar-refractivity contribution < 1.29 is 9.13 Å². The molecule has 0 unspecified atom stereocenters. The summed E-state index contributed by atoms with van der Waals surface area (Å²) in [6.45, 7) is 3.93. The van der Waals surface area contributed by atoms with Crippen LogP contribution in [-0.4, -0.2) is 21.9 Å². The summed E-state index contributed by atoms with van der Waals surface area (Å²) >= 11 is 7.26. The second-order valence-corrected chi connectivity index (χ2v) is 7.81. The average Bonchev–Trinajstić information content (AvgIpc) is 2.70. The van der Waals surface area contributed by atoms with Gasteiger partial charge in [-0.25, -0.2) is 9.37 Å². The maximum atomic E-state index is 14.4. The van der Waals surface area contributed by atoms with Crippen molar-refractivity contribution in [2.75, 3.05) is 16.3 Å². The summed E-state index contributed by atoms with van der Waals surface area (Å²) in [6.07, 6.45) is 3.13. The van der Waals surface area contributed by atoms with Crippen LogP contribution in [0.25, 0.3) is 0 Å². The van der Waals surface area contributed by atoms with E-state index in [1.807, 2.05) is 32.2 Å². The van der Waals surface area contributed by atoms with E-state index in [2.05, 4.69) is 15.0 Å². The molecule has 0 fully saturated rings. The summed E-state index contributed by atoms with van der Waals surface area (Å²) < 4.78 is 24.2. The summed E-state index contributed by atoms with van der Waals surface area (Å²) in [5.74, 6) is -0.0407. The van der Waals surface area contributed by atoms with Crippen LogP contribution in [0, 0.1) is 5.82 Å². The fraction of sp³-hybridized carbons (Fsp3) is 0.238. The predicted octanol–water partition coefficient (Wildman–Crippen LogP) is 5.30. The number of nitrogens with zero attached hydrogens (tertiary/aromatic N) is 2. The Labute approximate surface area is 183 Å². The molecule has 0 bridgehead atoms. The maximum Gasteiger partial charge on any atom is 0.279 e. The van der Waals surface area contributed by atoms with Gasteiger partial charge in [-0.1, -0.05) is 35.7 Å². The molecule has 30 heavy (non-hydrogen) atoms. The van der Waals surface area contributed by atoms with Gasteiger partial charge in [-0.2, -0.15) is 0 Å². The van der Waals surface area contributed by atoms with Gasteiger partial charge >= 0.3 is 0 Å². The molecule has 0 saturated heterocycles. The quantitative estimate of drug-likeness (QED) is 0.455. The van der Waals surface area contributed by atoms with E-state index in [-0.39, 0.29) is 24.0 Å². The van der Waals surface area contributed by atoms with Gasteiger partial charge in [0.05, 0.1) is 18.8 Å². The molecule has 6 nitrogen and oxygen atoms in total. The van der Waals surface area contributed by atoms with Gasteiger partial charge in [0.2, 0.25) is 5.95 Å². The van der Waals surface area contributed by atoms with Gasteiger partial charge in [-0.05, 0) is 43.7 Å². The molecule has 3 aromatic rings. The van der Waals surface area contributed by atoms with Gasteiger partial charge in [0.15, 0.2) is 11.6 Å². The second kappa shape index (κ2) is 9.86. The number of benzene rings is 2. The molecule has 1 heterocycles. The van der Waals surface area contributed by atoms with Crippen molar-refractivity contribution in [3.63, 3.8) is 0 Å². The van der Waals surface area contributed by atoms with Crippen LogP contribution >= 0.6 is 23.5 Å². The highest BCUT2D eigenvalue weighted by Crippen LogP contribution is 2.24. The Kier molecular flexibility index (Phi) is 7.23. The first kappa shape index (κ1) is 22.0. The van der Waals surface area contributed by atoms with Gasteiger partial charge in [0.1, 0.15) is 5.69 Å². The van der Waals surface area contributed by atoms with Gasteiger partial charge in [-0.15, -0.1) is 0 Å². The molecule has 158 valence electrons. The van der Waals surface area contributed by atoms with Crippen molar-refractivity contribution in [3.05, 3.63) is 75.4 Å². The van der Waals surface area contributed by atoms with E-state index in [9.17, 15) is 9.18 Å². The third-order valence-electron chi connectivity index (χ3n) is 4.06. The summed E-state index contributed by atoms with van der Waals surface area (Å²) in [7, 11) is 0. The van der Waals surface area contributed by atoms with E-state index >= 15 is 0 Å². The molecule has 0 aliphatic carbocycles. The van der Waals surface area contributed by atoms with Gasteiger partial charge in [-0.3, -0.25) is 9.36 Å². The van der Waals surface area contributed by atoms with E-state index in [0.29, 0.717) is 22.3 Å². The predicted molar refractivity (Wildman–Crippen MR) is 122 cm³/mol. The van der Waals surface area contributed by atoms with E-state index in [4.69, 9.17) is 16.3 Å². The lowest BCUT2D eigenvalue weighted by Gasteiger charge is -2.16. The lowest BCUT2D eigenvalue weighted by Crippen LogP contribution is -2.26. The van der Waals surface area contributed by atoms with Crippen LogP contribution in [-0.2, 0) is 6.54 Å². The molecule has 0 amide bonds. The summed E-state index contributed by atoms with van der Waals surface area (Å²) in [4.78, 5) is 17.3. The molecule has 0 atom stereocenters. The smallest absolute Gasteiger partial charge is 0.279 e. The molecule has 2 N–H and O–H groups in total. The topological polar surface area (TPSA) is 68.2 Å². The molecule has 0 spiro atoms. The molecule has 2 aromatic carbocycles. The third-order valence-corrected chi connectivity index (χ3v) is 4.74. The number of hydrogen-bond acceptors (Lipinski definition) is 6. The van der Waals surface area contributed by atoms with E-state index < -0.39 is 5.82 Å². The molecular weight excluding hydrogens is 427 g/mol. The minimum absolute atomic E-state index is 0.138. The van der Waals surface area contributed by atoms with Crippen LogP contribution < -0.4 is 20.3 Å². The Balaban J connectivity index is 1.95. The van der Waals surface area contributed by atoms with Crippen LogP contribution in [0.1, 0.15) is 19.4 Å². The first-order valence-electron chi connectivity index (χ1n) is 9.24. The third kappa shape index (κ3) is 5.46. The number of anilines is 3. The molecule has 0 saturated carbocycles. The number of halogens is 2. The zero-order valence-electron chi connectivity index (χ0n) is 16.8. The lowest BCUT2D eigenvalue weighted by molar-refractivity contribution is 0.231. The number of ether oxygens (including phenoxy) is 1. The van der Waals surface area contributed by atoms with Crippen LogP contribution in [0.5, 0.6) is 5.75 Å². The Hall–Kier alpha value is -2.71. The molecule has 3 rings (SSSR count). The number of hydrogen-bond donors (Lipinski definition) is 2. The van der Waals surface area contributed by atoms with Crippen molar-refractivity contribution in [1.82, 2.24) is 9.55 Å². The highest BCUT2D eigenvalue weighted by Gasteiger charge is 2.13. The minimum Gasteiger partial charge on any atom is -0.488 e.